The summed E-state index contributed by atoms with van der Waals surface area (Å²) >= 11 is 6.25. The maximum absolute atomic E-state index is 11.9. The van der Waals surface area contributed by atoms with Crippen LogP contribution >= 0.6 is 11.6 Å². The van der Waals surface area contributed by atoms with Crippen molar-refractivity contribution < 1.29 is 19.1 Å². The van der Waals surface area contributed by atoms with Gasteiger partial charge in [-0.1, -0.05) is 23.7 Å². The molecular weight excluding hydrogens is 308 g/mol. The first-order valence-electron chi connectivity index (χ1n) is 6.44. The highest BCUT2D eigenvalue weighted by molar-refractivity contribution is 6.33. The molecule has 7 heteroatoms. The fourth-order valence-corrected chi connectivity index (χ4v) is 2.34. The molecule has 2 rings (SSSR count). The Bertz CT molecular complexity index is 752. The van der Waals surface area contributed by atoms with Gasteiger partial charge in [-0.15, -0.1) is 0 Å². The molecule has 1 aromatic heterocycles. The summed E-state index contributed by atoms with van der Waals surface area (Å²) in [5.74, 6) is -1.51. The van der Waals surface area contributed by atoms with Crippen LogP contribution in [0.25, 0.3) is 5.69 Å². The molecule has 0 saturated heterocycles. The highest BCUT2D eigenvalue weighted by atomic mass is 35.5. The summed E-state index contributed by atoms with van der Waals surface area (Å²) < 4.78 is 10.7. The molecule has 6 nitrogen and oxygen atoms in total. The molecule has 0 radical (unpaired) electrons. The molecule has 1 heterocycles. The molecule has 0 aliphatic rings. The number of carbonyl (C=O) groups is 2. The minimum absolute atomic E-state index is 0.000880. The predicted molar refractivity (Wildman–Crippen MR) is 80.7 cm³/mol. The fraction of sp³-hybridized carbons (Fsp3) is 0.267. The zero-order chi connectivity index (χ0) is 16.4. The number of methoxy groups -OCH3 is 2. The normalized spacial score (nSPS) is 10.4. The Morgan fingerprint density at radius 3 is 2.36 bits per heavy atom. The van der Waals surface area contributed by atoms with Gasteiger partial charge in [-0.2, -0.15) is 5.10 Å². The van der Waals surface area contributed by atoms with Gasteiger partial charge in [-0.3, -0.25) is 0 Å². The number of rotatable bonds is 3. The van der Waals surface area contributed by atoms with Crippen LogP contribution in [0.1, 0.15) is 32.0 Å². The molecule has 116 valence electrons. The molecule has 0 saturated carbocycles. The number of nitrogens with zero attached hydrogens (tertiary/aromatic N) is 2. The highest BCUT2D eigenvalue weighted by Gasteiger charge is 2.29. The van der Waals surface area contributed by atoms with Gasteiger partial charge in [0.1, 0.15) is 10.7 Å². The van der Waals surface area contributed by atoms with Gasteiger partial charge in [0, 0.05) is 0 Å². The van der Waals surface area contributed by atoms with E-state index in [-0.39, 0.29) is 16.4 Å². The first kappa shape index (κ1) is 16.0. The average Bonchev–Trinajstić information content (AvgIpc) is 2.86. The zero-order valence-corrected chi connectivity index (χ0v) is 13.4. The van der Waals surface area contributed by atoms with E-state index in [1.807, 2.05) is 26.0 Å². The number of carbonyl (C=O) groups excluding carboxylic acids is 2. The Hall–Kier alpha value is -2.34. The lowest BCUT2D eigenvalue weighted by Crippen LogP contribution is -2.10. The van der Waals surface area contributed by atoms with Crippen molar-refractivity contribution in [2.75, 3.05) is 14.2 Å². The van der Waals surface area contributed by atoms with Crippen molar-refractivity contribution in [2.45, 2.75) is 13.8 Å². The molecular formula is C15H15ClN2O4. The number of esters is 2. The predicted octanol–water partition coefficient (Wildman–Crippen LogP) is 2.72. The van der Waals surface area contributed by atoms with Crippen LogP contribution in [0.15, 0.2) is 18.2 Å². The third kappa shape index (κ3) is 2.57. The van der Waals surface area contributed by atoms with E-state index in [0.717, 1.165) is 11.1 Å². The number of benzene rings is 1. The quantitative estimate of drug-likeness (QED) is 0.813. The van der Waals surface area contributed by atoms with Gasteiger partial charge < -0.3 is 9.47 Å². The Morgan fingerprint density at radius 1 is 1.14 bits per heavy atom. The van der Waals surface area contributed by atoms with Crippen molar-refractivity contribution in [2.24, 2.45) is 0 Å². The number of aryl methyl sites for hydroxylation is 1. The highest BCUT2D eigenvalue weighted by Crippen LogP contribution is 2.27. The molecule has 0 aliphatic heterocycles. The number of aromatic nitrogens is 2. The SMILES string of the molecule is COC(=O)c1nn(-c2cccc(C)c2C)c(Cl)c1C(=O)OC. The molecule has 0 amide bonds. The minimum Gasteiger partial charge on any atom is -0.465 e. The van der Waals surface area contributed by atoms with Crippen LogP contribution in [-0.4, -0.2) is 35.9 Å². The molecule has 0 unspecified atom stereocenters. The van der Waals surface area contributed by atoms with E-state index in [9.17, 15) is 9.59 Å². The molecule has 1 aromatic carbocycles. The van der Waals surface area contributed by atoms with E-state index in [1.54, 1.807) is 6.07 Å². The second-order valence-corrected chi connectivity index (χ2v) is 4.99. The second kappa shape index (κ2) is 6.19. The van der Waals surface area contributed by atoms with Crippen LogP contribution in [0.4, 0.5) is 0 Å². The van der Waals surface area contributed by atoms with Crippen LogP contribution in [0.2, 0.25) is 5.15 Å². The van der Waals surface area contributed by atoms with Crippen LogP contribution < -0.4 is 0 Å². The largest absolute Gasteiger partial charge is 0.465 e. The van der Waals surface area contributed by atoms with Gasteiger partial charge in [0.15, 0.2) is 5.69 Å². The second-order valence-electron chi connectivity index (χ2n) is 4.63. The molecule has 0 bridgehead atoms. The van der Waals surface area contributed by atoms with Gasteiger partial charge in [-0.05, 0) is 31.0 Å². The fourth-order valence-electron chi connectivity index (χ4n) is 2.04. The van der Waals surface area contributed by atoms with E-state index >= 15 is 0 Å². The number of hydrogen-bond acceptors (Lipinski definition) is 5. The van der Waals surface area contributed by atoms with E-state index < -0.39 is 11.9 Å². The van der Waals surface area contributed by atoms with Gasteiger partial charge in [0.05, 0.1) is 19.9 Å². The lowest BCUT2D eigenvalue weighted by molar-refractivity contribution is 0.0552. The van der Waals surface area contributed by atoms with Crippen molar-refractivity contribution in [1.82, 2.24) is 9.78 Å². The summed E-state index contributed by atoms with van der Waals surface area (Å²) in [4.78, 5) is 23.7. The van der Waals surface area contributed by atoms with Crippen LogP contribution in [0.3, 0.4) is 0 Å². The maximum atomic E-state index is 11.9. The van der Waals surface area contributed by atoms with Gasteiger partial charge in [0.2, 0.25) is 0 Å². The van der Waals surface area contributed by atoms with Crippen molar-refractivity contribution in [3.63, 3.8) is 0 Å². The first-order chi connectivity index (χ1) is 10.4. The lowest BCUT2D eigenvalue weighted by atomic mass is 10.1. The van der Waals surface area contributed by atoms with Gasteiger partial charge in [-0.25, -0.2) is 14.3 Å². The van der Waals surface area contributed by atoms with Crippen LogP contribution in [0, 0.1) is 13.8 Å². The van der Waals surface area contributed by atoms with Crippen LogP contribution in [0.5, 0.6) is 0 Å². The monoisotopic (exact) mass is 322 g/mol. The first-order valence-corrected chi connectivity index (χ1v) is 6.81. The molecule has 0 aliphatic carbocycles. The van der Waals surface area contributed by atoms with Crippen LogP contribution in [-0.2, 0) is 9.47 Å². The van der Waals surface area contributed by atoms with E-state index in [2.05, 4.69) is 14.6 Å². The summed E-state index contributed by atoms with van der Waals surface area (Å²) in [6.45, 7) is 3.84. The van der Waals surface area contributed by atoms with E-state index in [1.165, 1.54) is 18.9 Å². The van der Waals surface area contributed by atoms with Gasteiger partial charge in [0.25, 0.3) is 0 Å². The number of ether oxygens (including phenoxy) is 2. The summed E-state index contributed by atoms with van der Waals surface area (Å²) in [5, 5.41) is 4.13. The Kier molecular flexibility index (Phi) is 4.51. The summed E-state index contributed by atoms with van der Waals surface area (Å²) in [6, 6.07) is 5.58. The van der Waals surface area contributed by atoms with E-state index in [0.29, 0.717) is 5.69 Å². The molecule has 0 atom stereocenters. The van der Waals surface area contributed by atoms with Crippen molar-refractivity contribution in [3.8, 4) is 5.69 Å². The standard InChI is InChI=1S/C15H15ClN2O4/c1-8-6-5-7-10(9(8)2)18-13(16)11(14(19)21-3)12(17-18)15(20)22-4/h5-7H,1-4H3. The Balaban J connectivity index is 2.73. The maximum Gasteiger partial charge on any atom is 0.359 e. The average molecular weight is 323 g/mol. The van der Waals surface area contributed by atoms with Crippen molar-refractivity contribution in [3.05, 3.63) is 45.7 Å². The zero-order valence-electron chi connectivity index (χ0n) is 12.6. The lowest BCUT2D eigenvalue weighted by Gasteiger charge is -2.09. The smallest absolute Gasteiger partial charge is 0.359 e. The topological polar surface area (TPSA) is 70.4 Å². The number of halogens is 1. The Morgan fingerprint density at radius 2 is 1.77 bits per heavy atom. The van der Waals surface area contributed by atoms with Crippen molar-refractivity contribution >= 4 is 23.5 Å². The van der Waals surface area contributed by atoms with E-state index in [4.69, 9.17) is 11.6 Å². The Labute approximate surface area is 132 Å². The molecule has 0 N–H and O–H groups in total. The summed E-state index contributed by atoms with van der Waals surface area (Å²) in [7, 11) is 2.41. The molecule has 22 heavy (non-hydrogen) atoms. The molecule has 0 fully saturated rings. The summed E-state index contributed by atoms with van der Waals surface area (Å²) in [5.41, 5.74) is 2.34. The molecule has 0 spiro atoms. The number of hydrogen-bond donors (Lipinski definition) is 0. The van der Waals surface area contributed by atoms with Crippen molar-refractivity contribution in [1.29, 1.82) is 0 Å². The van der Waals surface area contributed by atoms with Gasteiger partial charge >= 0.3 is 11.9 Å². The third-order valence-electron chi connectivity index (χ3n) is 3.40. The third-order valence-corrected chi connectivity index (χ3v) is 3.75. The summed E-state index contributed by atoms with van der Waals surface area (Å²) in [6.07, 6.45) is 0. The minimum atomic E-state index is -0.758. The molecule has 2 aromatic rings.